The molecule has 0 N–H and O–H groups in total. The fourth-order valence-corrected chi connectivity index (χ4v) is 1.60. The highest BCUT2D eigenvalue weighted by molar-refractivity contribution is 6.31. The number of hydrogen-bond acceptors (Lipinski definition) is 3. The van der Waals surface area contributed by atoms with E-state index in [-0.39, 0.29) is 10.7 Å². The molecule has 0 saturated carbocycles. The second-order valence-corrected chi connectivity index (χ2v) is 3.88. The van der Waals surface area contributed by atoms with Crippen LogP contribution in [0.1, 0.15) is 5.56 Å². The Hall–Kier alpha value is -1.39. The minimum Gasteiger partial charge on any atom is -0.307 e. The SMILES string of the molecule is O=c1c(Cl)nccn1Cc1ccncc1Cl. The number of pyridine rings is 1. The Morgan fingerprint density at radius 1 is 1.31 bits per heavy atom. The number of halogens is 2. The van der Waals surface area contributed by atoms with Crippen molar-refractivity contribution in [1.29, 1.82) is 0 Å². The van der Waals surface area contributed by atoms with Crippen LogP contribution < -0.4 is 5.56 Å². The van der Waals surface area contributed by atoms with Crippen LogP contribution in [0.2, 0.25) is 10.2 Å². The molecule has 0 amide bonds. The van der Waals surface area contributed by atoms with Crippen molar-refractivity contribution in [3.8, 4) is 0 Å². The van der Waals surface area contributed by atoms with E-state index in [2.05, 4.69) is 9.97 Å². The molecule has 0 aromatic carbocycles. The average molecular weight is 256 g/mol. The van der Waals surface area contributed by atoms with Gasteiger partial charge in [-0.3, -0.25) is 9.78 Å². The molecule has 0 spiro atoms. The normalized spacial score (nSPS) is 10.4. The van der Waals surface area contributed by atoms with E-state index in [0.717, 1.165) is 5.56 Å². The number of rotatable bonds is 2. The third-order valence-corrected chi connectivity index (χ3v) is 2.67. The summed E-state index contributed by atoms with van der Waals surface area (Å²) in [5.41, 5.74) is 0.470. The highest BCUT2D eigenvalue weighted by Gasteiger charge is 2.04. The van der Waals surface area contributed by atoms with Crippen LogP contribution in [-0.4, -0.2) is 14.5 Å². The lowest BCUT2D eigenvalue weighted by atomic mass is 10.2. The molecule has 2 aromatic rings. The molecule has 0 atom stereocenters. The van der Waals surface area contributed by atoms with Crippen LogP contribution in [-0.2, 0) is 6.54 Å². The molecule has 0 bridgehead atoms. The van der Waals surface area contributed by atoms with E-state index in [9.17, 15) is 4.79 Å². The molecule has 82 valence electrons. The maximum Gasteiger partial charge on any atom is 0.288 e. The Morgan fingerprint density at radius 3 is 2.88 bits per heavy atom. The van der Waals surface area contributed by atoms with Crippen LogP contribution in [0.3, 0.4) is 0 Å². The Bertz CT molecular complexity index is 568. The lowest BCUT2D eigenvalue weighted by Crippen LogP contribution is -2.21. The second-order valence-electron chi connectivity index (χ2n) is 3.12. The molecule has 2 aromatic heterocycles. The van der Waals surface area contributed by atoms with Crippen LogP contribution in [0.5, 0.6) is 0 Å². The molecule has 16 heavy (non-hydrogen) atoms. The first kappa shape index (κ1) is 11.1. The summed E-state index contributed by atoms with van der Waals surface area (Å²) in [6, 6.07) is 1.75. The molecule has 0 aliphatic carbocycles. The lowest BCUT2D eigenvalue weighted by Gasteiger charge is -2.06. The number of aromatic nitrogens is 3. The Kier molecular flexibility index (Phi) is 3.22. The highest BCUT2D eigenvalue weighted by atomic mass is 35.5. The summed E-state index contributed by atoms with van der Waals surface area (Å²) >= 11 is 11.6. The van der Waals surface area contributed by atoms with Gasteiger partial charge in [-0.1, -0.05) is 23.2 Å². The molecular formula is C10H7Cl2N3O. The Morgan fingerprint density at radius 2 is 2.12 bits per heavy atom. The predicted octanol–water partition coefficient (Wildman–Crippen LogP) is 1.99. The zero-order valence-corrected chi connectivity index (χ0v) is 9.61. The first-order valence-electron chi connectivity index (χ1n) is 4.48. The summed E-state index contributed by atoms with van der Waals surface area (Å²) in [5, 5.41) is 0.468. The van der Waals surface area contributed by atoms with Crippen molar-refractivity contribution in [1.82, 2.24) is 14.5 Å². The Balaban J connectivity index is 2.39. The first-order chi connectivity index (χ1) is 7.68. The van der Waals surface area contributed by atoms with Gasteiger partial charge in [-0.25, -0.2) is 4.98 Å². The average Bonchev–Trinajstić information content (AvgIpc) is 2.28. The number of hydrogen-bond donors (Lipinski definition) is 0. The van der Waals surface area contributed by atoms with Gasteiger partial charge in [-0.2, -0.15) is 0 Å². The quantitative estimate of drug-likeness (QED) is 0.825. The van der Waals surface area contributed by atoms with Gasteiger partial charge in [0, 0.05) is 24.8 Å². The maximum absolute atomic E-state index is 11.6. The van der Waals surface area contributed by atoms with Crippen LogP contribution >= 0.6 is 23.2 Å². The van der Waals surface area contributed by atoms with E-state index in [1.165, 1.54) is 17.0 Å². The van der Waals surface area contributed by atoms with Gasteiger partial charge in [0.2, 0.25) is 0 Å². The highest BCUT2D eigenvalue weighted by Crippen LogP contribution is 2.13. The standard InChI is InChI=1S/C10H7Cl2N3O/c11-8-5-13-2-1-7(8)6-15-4-3-14-9(12)10(15)16/h1-5H,6H2. The van der Waals surface area contributed by atoms with E-state index in [1.807, 2.05) is 0 Å². The summed E-state index contributed by atoms with van der Waals surface area (Å²) in [6.07, 6.45) is 6.18. The predicted molar refractivity (Wildman–Crippen MR) is 61.9 cm³/mol. The van der Waals surface area contributed by atoms with Gasteiger partial charge in [0.1, 0.15) is 0 Å². The van der Waals surface area contributed by atoms with E-state index in [4.69, 9.17) is 23.2 Å². The summed E-state index contributed by atoms with van der Waals surface area (Å²) in [4.78, 5) is 19.2. The summed E-state index contributed by atoms with van der Waals surface area (Å²) in [6.45, 7) is 0.350. The molecule has 0 saturated heterocycles. The van der Waals surface area contributed by atoms with Crippen molar-refractivity contribution < 1.29 is 0 Å². The third-order valence-electron chi connectivity index (χ3n) is 2.07. The number of nitrogens with zero attached hydrogens (tertiary/aromatic N) is 3. The van der Waals surface area contributed by atoms with E-state index in [0.29, 0.717) is 11.6 Å². The minimum atomic E-state index is -0.336. The third kappa shape index (κ3) is 2.23. The molecule has 0 radical (unpaired) electrons. The largest absolute Gasteiger partial charge is 0.307 e. The molecule has 0 fully saturated rings. The van der Waals surface area contributed by atoms with Gasteiger partial charge in [-0.05, 0) is 11.6 Å². The van der Waals surface area contributed by atoms with Crippen LogP contribution in [0.15, 0.2) is 35.6 Å². The molecule has 4 nitrogen and oxygen atoms in total. The van der Waals surface area contributed by atoms with Crippen molar-refractivity contribution in [2.24, 2.45) is 0 Å². The van der Waals surface area contributed by atoms with Gasteiger partial charge in [0.05, 0.1) is 11.6 Å². The molecule has 0 aliphatic rings. The van der Waals surface area contributed by atoms with Crippen molar-refractivity contribution >= 4 is 23.2 Å². The smallest absolute Gasteiger partial charge is 0.288 e. The zero-order valence-electron chi connectivity index (χ0n) is 8.10. The van der Waals surface area contributed by atoms with Crippen molar-refractivity contribution in [2.75, 3.05) is 0 Å². The minimum absolute atomic E-state index is 0.0484. The van der Waals surface area contributed by atoms with E-state index >= 15 is 0 Å². The van der Waals surface area contributed by atoms with Gasteiger partial charge in [0.15, 0.2) is 5.15 Å². The first-order valence-corrected chi connectivity index (χ1v) is 5.23. The van der Waals surface area contributed by atoms with E-state index in [1.54, 1.807) is 18.5 Å². The van der Waals surface area contributed by atoms with Gasteiger partial charge >= 0.3 is 0 Å². The fourth-order valence-electron chi connectivity index (χ4n) is 1.26. The lowest BCUT2D eigenvalue weighted by molar-refractivity contribution is 0.747. The molecule has 0 unspecified atom stereocenters. The van der Waals surface area contributed by atoms with Crippen LogP contribution in [0.4, 0.5) is 0 Å². The van der Waals surface area contributed by atoms with E-state index < -0.39 is 0 Å². The topological polar surface area (TPSA) is 47.8 Å². The summed E-state index contributed by atoms with van der Waals surface area (Å²) < 4.78 is 1.44. The summed E-state index contributed by atoms with van der Waals surface area (Å²) in [7, 11) is 0. The van der Waals surface area contributed by atoms with Crippen LogP contribution in [0.25, 0.3) is 0 Å². The fraction of sp³-hybridized carbons (Fsp3) is 0.100. The van der Waals surface area contributed by atoms with Crippen LogP contribution in [0, 0.1) is 0 Å². The molecule has 0 aliphatic heterocycles. The Labute approximate surface area is 101 Å². The zero-order chi connectivity index (χ0) is 11.5. The van der Waals surface area contributed by atoms with Crippen molar-refractivity contribution in [2.45, 2.75) is 6.54 Å². The molecule has 2 heterocycles. The second kappa shape index (κ2) is 4.63. The van der Waals surface area contributed by atoms with Gasteiger partial charge < -0.3 is 4.57 Å². The summed E-state index contributed by atoms with van der Waals surface area (Å²) in [5.74, 6) is 0. The maximum atomic E-state index is 11.6. The van der Waals surface area contributed by atoms with Crippen molar-refractivity contribution in [3.05, 3.63) is 56.9 Å². The molecule has 6 heteroatoms. The van der Waals surface area contributed by atoms with Crippen molar-refractivity contribution in [3.63, 3.8) is 0 Å². The van der Waals surface area contributed by atoms with Gasteiger partial charge in [-0.15, -0.1) is 0 Å². The van der Waals surface area contributed by atoms with Gasteiger partial charge in [0.25, 0.3) is 5.56 Å². The molecular weight excluding hydrogens is 249 g/mol. The molecule has 2 rings (SSSR count). The monoisotopic (exact) mass is 255 g/mol.